The third kappa shape index (κ3) is 4.64. The SMILES string of the molecule is COC(=O)C1Cc2ccccc2CN1C(=O)CNC(c1ccccc1)c1ccccn1. The number of nitrogens with one attached hydrogen (secondary N) is 1. The maximum absolute atomic E-state index is 13.2. The van der Waals surface area contributed by atoms with Gasteiger partial charge in [-0.25, -0.2) is 4.79 Å². The van der Waals surface area contributed by atoms with Crippen LogP contribution in [0.2, 0.25) is 0 Å². The van der Waals surface area contributed by atoms with Crippen molar-refractivity contribution in [2.24, 2.45) is 0 Å². The number of benzene rings is 2. The number of esters is 1. The molecule has 1 aliphatic rings. The molecule has 31 heavy (non-hydrogen) atoms. The standard InChI is InChI=1S/C25H25N3O3/c1-31-25(30)22-15-19-11-5-6-12-20(19)17-28(22)23(29)16-27-24(18-9-3-2-4-10-18)21-13-7-8-14-26-21/h2-14,22,24,27H,15-17H2,1H3. The van der Waals surface area contributed by atoms with E-state index in [2.05, 4.69) is 10.3 Å². The number of nitrogens with zero attached hydrogens (tertiary/aromatic N) is 2. The van der Waals surface area contributed by atoms with Gasteiger partial charge in [0.25, 0.3) is 0 Å². The highest BCUT2D eigenvalue weighted by Crippen LogP contribution is 2.25. The highest BCUT2D eigenvalue weighted by atomic mass is 16.5. The van der Waals surface area contributed by atoms with E-state index in [9.17, 15) is 9.59 Å². The van der Waals surface area contributed by atoms with E-state index in [1.54, 1.807) is 11.1 Å². The lowest BCUT2D eigenvalue weighted by molar-refractivity contribution is -0.153. The van der Waals surface area contributed by atoms with E-state index < -0.39 is 12.0 Å². The molecule has 6 nitrogen and oxygen atoms in total. The van der Waals surface area contributed by atoms with E-state index >= 15 is 0 Å². The number of amides is 1. The molecule has 0 bridgehead atoms. The Kier molecular flexibility index (Phi) is 6.38. The summed E-state index contributed by atoms with van der Waals surface area (Å²) in [7, 11) is 1.36. The molecular weight excluding hydrogens is 390 g/mol. The van der Waals surface area contributed by atoms with Gasteiger partial charge in [0, 0.05) is 19.2 Å². The first kappa shape index (κ1) is 20.8. The Bertz CT molecular complexity index is 1000. The van der Waals surface area contributed by atoms with E-state index in [1.807, 2.05) is 72.8 Å². The van der Waals surface area contributed by atoms with Gasteiger partial charge >= 0.3 is 5.97 Å². The Hall–Kier alpha value is -3.51. The monoisotopic (exact) mass is 415 g/mol. The van der Waals surface area contributed by atoms with Crippen LogP contribution < -0.4 is 5.32 Å². The van der Waals surface area contributed by atoms with Gasteiger partial charge in [-0.15, -0.1) is 0 Å². The summed E-state index contributed by atoms with van der Waals surface area (Å²) in [6.07, 6.45) is 2.20. The molecule has 0 spiro atoms. The molecule has 1 N–H and O–H groups in total. The second-order valence-corrected chi connectivity index (χ2v) is 7.51. The van der Waals surface area contributed by atoms with Gasteiger partial charge in [-0.3, -0.25) is 15.1 Å². The second kappa shape index (κ2) is 9.53. The third-order valence-electron chi connectivity index (χ3n) is 5.62. The maximum Gasteiger partial charge on any atom is 0.328 e. The fourth-order valence-electron chi connectivity index (χ4n) is 4.01. The van der Waals surface area contributed by atoms with E-state index in [4.69, 9.17) is 4.74 Å². The van der Waals surface area contributed by atoms with Crippen molar-refractivity contribution in [3.05, 3.63) is 101 Å². The molecule has 4 rings (SSSR count). The molecule has 158 valence electrons. The molecule has 1 aromatic heterocycles. The summed E-state index contributed by atoms with van der Waals surface area (Å²) in [5, 5.41) is 3.35. The molecule has 3 aromatic rings. The van der Waals surface area contributed by atoms with E-state index in [1.165, 1.54) is 7.11 Å². The molecule has 1 aliphatic heterocycles. The van der Waals surface area contributed by atoms with Crippen molar-refractivity contribution in [2.45, 2.75) is 25.0 Å². The molecule has 6 heteroatoms. The minimum atomic E-state index is -0.626. The van der Waals surface area contributed by atoms with Gasteiger partial charge in [0.05, 0.1) is 25.4 Å². The minimum absolute atomic E-state index is 0.0752. The van der Waals surface area contributed by atoms with Crippen LogP contribution in [0.5, 0.6) is 0 Å². The quantitative estimate of drug-likeness (QED) is 0.627. The Labute approximate surface area is 181 Å². The normalized spacial score (nSPS) is 16.3. The van der Waals surface area contributed by atoms with Crippen LogP contribution in [-0.2, 0) is 27.3 Å². The number of carbonyl (C=O) groups excluding carboxylic acids is 2. The van der Waals surface area contributed by atoms with Crippen LogP contribution in [-0.4, -0.2) is 41.5 Å². The number of hydrogen-bond acceptors (Lipinski definition) is 5. The van der Waals surface area contributed by atoms with Gasteiger partial charge < -0.3 is 9.64 Å². The summed E-state index contributed by atoms with van der Waals surface area (Å²) in [6, 6.07) is 22.6. The Morgan fingerprint density at radius 3 is 2.45 bits per heavy atom. The number of rotatable bonds is 6. The van der Waals surface area contributed by atoms with Gasteiger partial charge in [0.1, 0.15) is 6.04 Å². The first-order chi connectivity index (χ1) is 15.2. The van der Waals surface area contributed by atoms with Crippen molar-refractivity contribution in [1.29, 1.82) is 0 Å². The summed E-state index contributed by atoms with van der Waals surface area (Å²) >= 11 is 0. The first-order valence-corrected chi connectivity index (χ1v) is 10.3. The predicted octanol–water partition coefficient (Wildman–Crippen LogP) is 2.89. The number of hydrogen-bond donors (Lipinski definition) is 1. The number of ether oxygens (including phenoxy) is 1. The number of fused-ring (bicyclic) bond motifs is 1. The van der Waals surface area contributed by atoms with Crippen molar-refractivity contribution in [2.75, 3.05) is 13.7 Å². The lowest BCUT2D eigenvalue weighted by Gasteiger charge is -2.35. The molecule has 2 heterocycles. The highest BCUT2D eigenvalue weighted by molar-refractivity contribution is 5.86. The zero-order valence-electron chi connectivity index (χ0n) is 17.4. The molecule has 2 unspecified atom stereocenters. The molecule has 0 saturated carbocycles. The van der Waals surface area contributed by atoms with Crippen LogP contribution in [0.1, 0.15) is 28.4 Å². The molecule has 0 radical (unpaired) electrons. The van der Waals surface area contributed by atoms with Gasteiger partial charge in [-0.2, -0.15) is 0 Å². The second-order valence-electron chi connectivity index (χ2n) is 7.51. The number of aromatic nitrogens is 1. The van der Waals surface area contributed by atoms with Crippen molar-refractivity contribution in [3.8, 4) is 0 Å². The lowest BCUT2D eigenvalue weighted by atomic mass is 9.94. The van der Waals surface area contributed by atoms with Crippen molar-refractivity contribution in [1.82, 2.24) is 15.2 Å². The number of carbonyl (C=O) groups is 2. The zero-order valence-corrected chi connectivity index (χ0v) is 17.4. The molecule has 0 fully saturated rings. The summed E-state index contributed by atoms with van der Waals surface area (Å²) in [6.45, 7) is 0.460. The lowest BCUT2D eigenvalue weighted by Crippen LogP contribution is -2.51. The summed E-state index contributed by atoms with van der Waals surface area (Å²) in [5.74, 6) is -0.547. The van der Waals surface area contributed by atoms with E-state index in [-0.39, 0.29) is 18.5 Å². The average Bonchev–Trinajstić information content (AvgIpc) is 2.84. The summed E-state index contributed by atoms with van der Waals surface area (Å²) in [4.78, 5) is 31.8. The average molecular weight is 415 g/mol. The molecule has 0 saturated heterocycles. The third-order valence-corrected chi connectivity index (χ3v) is 5.62. The van der Waals surface area contributed by atoms with E-state index in [0.29, 0.717) is 13.0 Å². The predicted molar refractivity (Wildman–Crippen MR) is 117 cm³/mol. The number of pyridine rings is 1. The molecule has 0 aliphatic carbocycles. The molecular formula is C25H25N3O3. The van der Waals surface area contributed by atoms with Gasteiger partial charge in [-0.05, 0) is 28.8 Å². The topological polar surface area (TPSA) is 71.5 Å². The Morgan fingerprint density at radius 2 is 1.74 bits per heavy atom. The van der Waals surface area contributed by atoms with Crippen LogP contribution in [0.4, 0.5) is 0 Å². The zero-order chi connectivity index (χ0) is 21.6. The first-order valence-electron chi connectivity index (χ1n) is 10.3. The van der Waals surface area contributed by atoms with Crippen LogP contribution in [0.25, 0.3) is 0 Å². The van der Waals surface area contributed by atoms with Crippen LogP contribution in [0, 0.1) is 0 Å². The molecule has 2 atom stereocenters. The van der Waals surface area contributed by atoms with Gasteiger partial charge in [-0.1, -0.05) is 60.7 Å². The fraction of sp³-hybridized carbons (Fsp3) is 0.240. The van der Waals surface area contributed by atoms with Gasteiger partial charge in [0.2, 0.25) is 5.91 Å². The van der Waals surface area contributed by atoms with Crippen molar-refractivity contribution in [3.63, 3.8) is 0 Å². The Morgan fingerprint density at radius 1 is 1.03 bits per heavy atom. The van der Waals surface area contributed by atoms with Crippen LogP contribution >= 0.6 is 0 Å². The fourth-order valence-corrected chi connectivity index (χ4v) is 4.01. The van der Waals surface area contributed by atoms with Gasteiger partial charge in [0.15, 0.2) is 0 Å². The minimum Gasteiger partial charge on any atom is -0.467 e. The molecule has 2 aromatic carbocycles. The highest BCUT2D eigenvalue weighted by Gasteiger charge is 2.35. The smallest absolute Gasteiger partial charge is 0.328 e. The largest absolute Gasteiger partial charge is 0.467 e. The van der Waals surface area contributed by atoms with E-state index in [0.717, 1.165) is 22.4 Å². The Balaban J connectivity index is 1.54. The summed E-state index contributed by atoms with van der Waals surface area (Å²) in [5.41, 5.74) is 3.98. The van der Waals surface area contributed by atoms with Crippen LogP contribution in [0.15, 0.2) is 79.0 Å². The van der Waals surface area contributed by atoms with Crippen molar-refractivity contribution >= 4 is 11.9 Å². The van der Waals surface area contributed by atoms with Crippen LogP contribution in [0.3, 0.4) is 0 Å². The summed E-state index contributed by atoms with van der Waals surface area (Å²) < 4.78 is 4.99. The molecule has 1 amide bonds. The van der Waals surface area contributed by atoms with Crippen molar-refractivity contribution < 1.29 is 14.3 Å². The number of methoxy groups -OCH3 is 1. The maximum atomic E-state index is 13.2.